The first-order valence-electron chi connectivity index (χ1n) is 6.01. The van der Waals surface area contributed by atoms with Gasteiger partial charge in [-0.15, -0.1) is 12.4 Å². The van der Waals surface area contributed by atoms with Gasteiger partial charge >= 0.3 is 0 Å². The van der Waals surface area contributed by atoms with E-state index in [1.807, 2.05) is 6.07 Å². The van der Waals surface area contributed by atoms with Gasteiger partial charge in [-0.25, -0.2) is 0 Å². The largest absolute Gasteiger partial charge is 0.496 e. The van der Waals surface area contributed by atoms with E-state index in [1.54, 1.807) is 19.2 Å². The number of hydrogen-bond donors (Lipinski definition) is 2. The smallest absolute Gasteiger partial charge is 0.224 e. The summed E-state index contributed by atoms with van der Waals surface area (Å²) in [6.45, 7) is 2.15. The lowest BCUT2D eigenvalue weighted by Gasteiger charge is -2.12. The lowest BCUT2D eigenvalue weighted by molar-refractivity contribution is -0.124. The molecule has 0 radical (unpaired) electrons. The highest BCUT2D eigenvalue weighted by atomic mass is 35.5. The third-order valence-corrected chi connectivity index (χ3v) is 3.37. The monoisotopic (exact) mass is 304 g/mol. The average molecular weight is 305 g/mol. The summed E-state index contributed by atoms with van der Waals surface area (Å²) in [6.07, 6.45) is 0.906. The molecule has 1 aliphatic rings. The third-order valence-electron chi connectivity index (χ3n) is 3.13. The highest BCUT2D eigenvalue weighted by Crippen LogP contribution is 2.23. The molecule has 4 nitrogen and oxygen atoms in total. The fraction of sp³-hybridized carbons (Fsp3) is 0.462. The number of benzene rings is 1. The molecule has 0 aromatic heterocycles. The van der Waals surface area contributed by atoms with E-state index in [9.17, 15) is 4.79 Å². The van der Waals surface area contributed by atoms with Gasteiger partial charge in [0.2, 0.25) is 5.91 Å². The summed E-state index contributed by atoms with van der Waals surface area (Å²) >= 11 is 5.89. The number of ether oxygens (including phenoxy) is 1. The molecule has 0 saturated carbocycles. The zero-order valence-electron chi connectivity index (χ0n) is 10.7. The Morgan fingerprint density at radius 2 is 2.37 bits per heavy atom. The molecular weight excluding hydrogens is 287 g/mol. The molecule has 6 heteroatoms. The van der Waals surface area contributed by atoms with Gasteiger partial charge in [-0.1, -0.05) is 17.7 Å². The van der Waals surface area contributed by atoms with Gasteiger partial charge in [0.15, 0.2) is 0 Å². The van der Waals surface area contributed by atoms with Crippen LogP contribution in [0, 0.1) is 5.92 Å². The molecule has 1 amide bonds. The second-order valence-corrected chi connectivity index (χ2v) is 4.80. The SMILES string of the molecule is COc1cc(Cl)ccc1CNC(=O)C1CCNC1.Cl. The second kappa shape index (κ2) is 7.58. The van der Waals surface area contributed by atoms with E-state index < -0.39 is 0 Å². The third kappa shape index (κ3) is 4.27. The van der Waals surface area contributed by atoms with Crippen molar-refractivity contribution < 1.29 is 9.53 Å². The zero-order valence-corrected chi connectivity index (χ0v) is 12.3. The van der Waals surface area contributed by atoms with Crippen molar-refractivity contribution in [1.29, 1.82) is 0 Å². The van der Waals surface area contributed by atoms with Crippen LogP contribution in [0.5, 0.6) is 5.75 Å². The van der Waals surface area contributed by atoms with Gasteiger partial charge in [-0.3, -0.25) is 4.79 Å². The molecule has 1 aliphatic heterocycles. The van der Waals surface area contributed by atoms with Crippen molar-refractivity contribution in [2.24, 2.45) is 5.92 Å². The number of nitrogens with one attached hydrogen (secondary N) is 2. The second-order valence-electron chi connectivity index (χ2n) is 4.36. The summed E-state index contributed by atoms with van der Waals surface area (Å²) in [5, 5.41) is 6.74. The molecule has 0 aliphatic carbocycles. The van der Waals surface area contributed by atoms with E-state index in [0.717, 1.165) is 25.1 Å². The first-order valence-corrected chi connectivity index (χ1v) is 6.39. The molecule has 1 fully saturated rings. The number of carbonyl (C=O) groups excluding carboxylic acids is 1. The Kier molecular flexibility index (Phi) is 6.42. The van der Waals surface area contributed by atoms with Crippen molar-refractivity contribution in [3.8, 4) is 5.75 Å². The van der Waals surface area contributed by atoms with Crippen LogP contribution in [0.2, 0.25) is 5.02 Å². The first-order chi connectivity index (χ1) is 8.70. The molecule has 1 aromatic rings. The maximum atomic E-state index is 11.9. The van der Waals surface area contributed by atoms with Crippen molar-refractivity contribution in [2.45, 2.75) is 13.0 Å². The lowest BCUT2D eigenvalue weighted by atomic mass is 10.1. The van der Waals surface area contributed by atoms with Crippen LogP contribution >= 0.6 is 24.0 Å². The number of amides is 1. The van der Waals surface area contributed by atoms with Crippen LogP contribution < -0.4 is 15.4 Å². The minimum absolute atomic E-state index is 0. The van der Waals surface area contributed by atoms with Crippen LogP contribution in [-0.2, 0) is 11.3 Å². The van der Waals surface area contributed by atoms with Crippen LogP contribution in [0.25, 0.3) is 0 Å². The topological polar surface area (TPSA) is 50.4 Å². The molecule has 0 spiro atoms. The highest BCUT2D eigenvalue weighted by Gasteiger charge is 2.22. The van der Waals surface area contributed by atoms with E-state index in [0.29, 0.717) is 17.3 Å². The van der Waals surface area contributed by atoms with Crippen LogP contribution in [0.4, 0.5) is 0 Å². The summed E-state index contributed by atoms with van der Waals surface area (Å²) in [5.74, 6) is 0.882. The Morgan fingerprint density at radius 3 is 3.00 bits per heavy atom. The summed E-state index contributed by atoms with van der Waals surface area (Å²) in [7, 11) is 1.60. The maximum Gasteiger partial charge on any atom is 0.224 e. The van der Waals surface area contributed by atoms with Gasteiger partial charge in [0.1, 0.15) is 5.75 Å². The minimum Gasteiger partial charge on any atom is -0.496 e. The summed E-state index contributed by atoms with van der Waals surface area (Å²) in [6, 6.07) is 5.41. The molecule has 2 N–H and O–H groups in total. The average Bonchev–Trinajstić information content (AvgIpc) is 2.90. The zero-order chi connectivity index (χ0) is 13.0. The number of halogens is 2. The minimum atomic E-state index is 0. The van der Waals surface area contributed by atoms with Gasteiger partial charge < -0.3 is 15.4 Å². The van der Waals surface area contributed by atoms with E-state index in [1.165, 1.54) is 0 Å². The first kappa shape index (κ1) is 16.1. The summed E-state index contributed by atoms with van der Waals surface area (Å²) in [5.41, 5.74) is 0.932. The molecule has 19 heavy (non-hydrogen) atoms. The Balaban J connectivity index is 0.00000180. The van der Waals surface area contributed by atoms with Gasteiger partial charge in [0, 0.05) is 23.7 Å². The van der Waals surface area contributed by atoms with Gasteiger partial charge in [0.25, 0.3) is 0 Å². The van der Waals surface area contributed by atoms with Crippen molar-refractivity contribution in [3.05, 3.63) is 28.8 Å². The van der Waals surface area contributed by atoms with Crippen LogP contribution in [-0.4, -0.2) is 26.1 Å². The molecule has 1 saturated heterocycles. The normalized spacial score (nSPS) is 17.7. The molecule has 0 bridgehead atoms. The maximum absolute atomic E-state index is 11.9. The number of carbonyl (C=O) groups is 1. The predicted octanol–water partition coefficient (Wildman–Crippen LogP) is 2.00. The van der Waals surface area contributed by atoms with E-state index in [4.69, 9.17) is 16.3 Å². The predicted molar refractivity (Wildman–Crippen MR) is 78.1 cm³/mol. The van der Waals surface area contributed by atoms with E-state index in [-0.39, 0.29) is 24.2 Å². The van der Waals surface area contributed by atoms with Gasteiger partial charge in [-0.05, 0) is 25.1 Å². The lowest BCUT2D eigenvalue weighted by Crippen LogP contribution is -2.31. The Morgan fingerprint density at radius 1 is 1.58 bits per heavy atom. The molecule has 1 heterocycles. The Labute approximate surface area is 124 Å². The fourth-order valence-electron chi connectivity index (χ4n) is 2.07. The fourth-order valence-corrected chi connectivity index (χ4v) is 2.23. The molecule has 1 atom stereocenters. The van der Waals surface area contributed by atoms with E-state index >= 15 is 0 Å². The molecule has 1 unspecified atom stereocenters. The van der Waals surface area contributed by atoms with Crippen molar-refractivity contribution in [1.82, 2.24) is 10.6 Å². The highest BCUT2D eigenvalue weighted by molar-refractivity contribution is 6.30. The molecule has 2 rings (SSSR count). The molecular formula is C13H18Cl2N2O2. The molecule has 106 valence electrons. The van der Waals surface area contributed by atoms with Crippen LogP contribution in [0.1, 0.15) is 12.0 Å². The molecule has 1 aromatic carbocycles. The number of methoxy groups -OCH3 is 1. The summed E-state index contributed by atoms with van der Waals surface area (Å²) < 4.78 is 5.24. The number of hydrogen-bond acceptors (Lipinski definition) is 3. The van der Waals surface area contributed by atoms with Crippen molar-refractivity contribution >= 4 is 29.9 Å². The van der Waals surface area contributed by atoms with Crippen molar-refractivity contribution in [2.75, 3.05) is 20.2 Å². The number of rotatable bonds is 4. The van der Waals surface area contributed by atoms with E-state index in [2.05, 4.69) is 10.6 Å². The van der Waals surface area contributed by atoms with Crippen molar-refractivity contribution in [3.63, 3.8) is 0 Å². The van der Waals surface area contributed by atoms with Crippen LogP contribution in [0.3, 0.4) is 0 Å². The summed E-state index contributed by atoms with van der Waals surface area (Å²) in [4.78, 5) is 11.9. The Bertz CT molecular complexity index is 435. The van der Waals surface area contributed by atoms with Gasteiger partial charge in [0.05, 0.1) is 13.0 Å². The Hall–Kier alpha value is -0.970. The van der Waals surface area contributed by atoms with Crippen LogP contribution in [0.15, 0.2) is 18.2 Å². The van der Waals surface area contributed by atoms with Gasteiger partial charge in [-0.2, -0.15) is 0 Å². The standard InChI is InChI=1S/C13H17ClN2O2.ClH/c1-18-12-6-11(14)3-2-9(12)8-16-13(17)10-4-5-15-7-10;/h2-3,6,10,15H,4-5,7-8H2,1H3,(H,16,17);1H. The quantitative estimate of drug-likeness (QED) is 0.894.